The van der Waals surface area contributed by atoms with Crippen molar-refractivity contribution in [1.29, 1.82) is 0 Å². The number of amides is 1. The molecule has 0 aliphatic rings. The van der Waals surface area contributed by atoms with E-state index in [4.69, 9.17) is 5.11 Å². The van der Waals surface area contributed by atoms with Gasteiger partial charge in [0.05, 0.1) is 18.3 Å². The zero-order chi connectivity index (χ0) is 11.3. The molecule has 1 aromatic heterocycles. The second-order valence-corrected chi connectivity index (χ2v) is 3.92. The molecular weight excluding hydrogens is 214 g/mol. The van der Waals surface area contributed by atoms with Crippen molar-refractivity contribution < 1.29 is 9.90 Å². The quantitative estimate of drug-likeness (QED) is 0.775. The lowest BCUT2D eigenvalue weighted by molar-refractivity contribution is 0.0918. The van der Waals surface area contributed by atoms with Gasteiger partial charge in [0.1, 0.15) is 4.88 Å². The first kappa shape index (κ1) is 12.1. The molecule has 0 radical (unpaired) electrons. The first-order chi connectivity index (χ1) is 7.22. The summed E-state index contributed by atoms with van der Waals surface area (Å²) in [6, 6.07) is -0.190. The van der Waals surface area contributed by atoms with E-state index in [-0.39, 0.29) is 18.6 Å². The van der Waals surface area contributed by atoms with E-state index in [9.17, 15) is 4.79 Å². The van der Waals surface area contributed by atoms with Crippen LogP contribution in [0.4, 0.5) is 0 Å². The van der Waals surface area contributed by atoms with Crippen LogP contribution in [0, 0.1) is 0 Å². The van der Waals surface area contributed by atoms with Crippen LogP contribution in [-0.2, 0) is 6.42 Å². The molecule has 0 aromatic carbocycles. The molecule has 0 unspecified atom stereocenters. The third kappa shape index (κ3) is 2.97. The van der Waals surface area contributed by atoms with E-state index < -0.39 is 0 Å². The first-order valence-corrected chi connectivity index (χ1v) is 5.73. The Balaban J connectivity index is 2.68. The maximum atomic E-state index is 11.7. The number of aryl methyl sites for hydroxylation is 1. The number of carbonyl (C=O) groups excluding carboxylic acids is 1. The average Bonchev–Trinajstić information content (AvgIpc) is 2.73. The number of aliphatic hydroxyl groups is 1. The van der Waals surface area contributed by atoms with Gasteiger partial charge in [-0.2, -0.15) is 0 Å². The second kappa shape index (κ2) is 5.77. The van der Waals surface area contributed by atoms with E-state index >= 15 is 0 Å². The van der Waals surface area contributed by atoms with Crippen molar-refractivity contribution in [2.75, 3.05) is 6.61 Å². The largest absolute Gasteiger partial charge is 0.394 e. The average molecular weight is 229 g/mol. The Morgan fingerprint density at radius 1 is 1.60 bits per heavy atom. The van der Waals surface area contributed by atoms with Gasteiger partial charge in [-0.1, -0.05) is 18.3 Å². The minimum Gasteiger partial charge on any atom is -0.394 e. The van der Waals surface area contributed by atoms with Gasteiger partial charge < -0.3 is 10.4 Å². The minimum absolute atomic E-state index is 0.0457. The highest BCUT2D eigenvalue weighted by atomic mass is 32.1. The molecule has 0 spiro atoms. The van der Waals surface area contributed by atoms with Gasteiger partial charge in [-0.3, -0.25) is 4.79 Å². The lowest BCUT2D eigenvalue weighted by atomic mass is 10.2. The normalized spacial score (nSPS) is 12.5. The number of nitrogens with one attached hydrogen (secondary N) is 1. The summed E-state index contributed by atoms with van der Waals surface area (Å²) in [5.41, 5.74) is 0.713. The van der Waals surface area contributed by atoms with Crippen molar-refractivity contribution in [2.24, 2.45) is 0 Å². The standard InChI is InChI=1S/C9H15N3O2S/c1-3-6(5-13)10-9(14)8-7(4-2)11-12-15-8/h6,13H,3-5H2,1-2H3,(H,10,14)/t6-/m1/s1. The fourth-order valence-corrected chi connectivity index (χ4v) is 1.79. The van der Waals surface area contributed by atoms with Crippen LogP contribution >= 0.6 is 11.5 Å². The van der Waals surface area contributed by atoms with Gasteiger partial charge in [0.2, 0.25) is 0 Å². The molecule has 0 aliphatic carbocycles. The molecule has 0 saturated heterocycles. The molecule has 5 nitrogen and oxygen atoms in total. The van der Waals surface area contributed by atoms with Gasteiger partial charge in [-0.25, -0.2) is 0 Å². The summed E-state index contributed by atoms with van der Waals surface area (Å²) in [6.45, 7) is 3.79. The summed E-state index contributed by atoms with van der Waals surface area (Å²) in [6.07, 6.45) is 1.39. The fourth-order valence-electron chi connectivity index (χ4n) is 1.14. The number of nitrogens with zero attached hydrogens (tertiary/aromatic N) is 2. The summed E-state index contributed by atoms with van der Waals surface area (Å²) in [4.78, 5) is 12.3. The lowest BCUT2D eigenvalue weighted by Gasteiger charge is -2.12. The van der Waals surface area contributed by atoms with E-state index in [1.165, 1.54) is 0 Å². The smallest absolute Gasteiger partial charge is 0.265 e. The molecule has 15 heavy (non-hydrogen) atoms. The number of rotatable bonds is 5. The fraction of sp³-hybridized carbons (Fsp3) is 0.667. The second-order valence-electron chi connectivity index (χ2n) is 3.16. The molecular formula is C9H15N3O2S. The van der Waals surface area contributed by atoms with Gasteiger partial charge in [-0.05, 0) is 24.4 Å². The summed E-state index contributed by atoms with van der Waals surface area (Å²) >= 11 is 1.09. The Labute approximate surface area is 92.7 Å². The van der Waals surface area contributed by atoms with E-state index in [1.807, 2.05) is 13.8 Å². The van der Waals surface area contributed by atoms with Crippen molar-refractivity contribution in [3.8, 4) is 0 Å². The van der Waals surface area contributed by atoms with Crippen molar-refractivity contribution in [1.82, 2.24) is 14.9 Å². The van der Waals surface area contributed by atoms with Crippen LogP contribution in [0.15, 0.2) is 0 Å². The molecule has 0 saturated carbocycles. The molecule has 84 valence electrons. The number of carbonyl (C=O) groups is 1. The van der Waals surface area contributed by atoms with Gasteiger partial charge in [0.15, 0.2) is 0 Å². The van der Waals surface area contributed by atoms with E-state index in [0.717, 1.165) is 11.5 Å². The summed E-state index contributed by atoms with van der Waals surface area (Å²) in [7, 11) is 0. The van der Waals surface area contributed by atoms with Gasteiger partial charge >= 0.3 is 0 Å². The van der Waals surface area contributed by atoms with Crippen molar-refractivity contribution in [3.05, 3.63) is 10.6 Å². The Morgan fingerprint density at radius 2 is 2.33 bits per heavy atom. The molecule has 1 atom stereocenters. The molecule has 0 bridgehead atoms. The zero-order valence-electron chi connectivity index (χ0n) is 8.86. The highest BCUT2D eigenvalue weighted by molar-refractivity contribution is 7.08. The molecule has 1 amide bonds. The predicted molar refractivity (Wildman–Crippen MR) is 57.9 cm³/mol. The minimum atomic E-state index is -0.192. The topological polar surface area (TPSA) is 75.1 Å². The van der Waals surface area contributed by atoms with Crippen LogP contribution in [-0.4, -0.2) is 33.2 Å². The van der Waals surface area contributed by atoms with Crippen LogP contribution in [0.5, 0.6) is 0 Å². The first-order valence-electron chi connectivity index (χ1n) is 4.95. The van der Waals surface area contributed by atoms with Gasteiger partial charge in [0.25, 0.3) is 5.91 Å². The Kier molecular flexibility index (Phi) is 4.64. The monoisotopic (exact) mass is 229 g/mol. The Bertz CT molecular complexity index is 323. The van der Waals surface area contributed by atoms with Crippen LogP contribution in [0.3, 0.4) is 0 Å². The van der Waals surface area contributed by atoms with E-state index in [2.05, 4.69) is 14.9 Å². The molecule has 0 aliphatic heterocycles. The maximum absolute atomic E-state index is 11.7. The number of hydrogen-bond acceptors (Lipinski definition) is 5. The predicted octanol–water partition coefficient (Wildman–Crippen LogP) is 0.601. The highest BCUT2D eigenvalue weighted by Crippen LogP contribution is 2.11. The molecule has 1 rings (SSSR count). The SMILES string of the molecule is CCc1nnsc1C(=O)N[C@H](CC)CO. The zero-order valence-corrected chi connectivity index (χ0v) is 9.67. The van der Waals surface area contributed by atoms with Crippen molar-refractivity contribution >= 4 is 17.4 Å². The van der Waals surface area contributed by atoms with E-state index in [0.29, 0.717) is 23.4 Å². The van der Waals surface area contributed by atoms with Crippen LogP contribution in [0.1, 0.15) is 35.6 Å². The van der Waals surface area contributed by atoms with Crippen molar-refractivity contribution in [3.63, 3.8) is 0 Å². The Morgan fingerprint density at radius 3 is 2.87 bits per heavy atom. The van der Waals surface area contributed by atoms with Crippen LogP contribution < -0.4 is 5.32 Å². The maximum Gasteiger partial charge on any atom is 0.265 e. The summed E-state index contributed by atoms with van der Waals surface area (Å²) in [5.74, 6) is -0.192. The van der Waals surface area contributed by atoms with Crippen LogP contribution in [0.25, 0.3) is 0 Å². The number of aromatic nitrogens is 2. The third-order valence-corrected chi connectivity index (χ3v) is 2.91. The lowest BCUT2D eigenvalue weighted by Crippen LogP contribution is -2.36. The van der Waals surface area contributed by atoms with E-state index in [1.54, 1.807) is 0 Å². The third-order valence-electron chi connectivity index (χ3n) is 2.15. The highest BCUT2D eigenvalue weighted by Gasteiger charge is 2.17. The molecule has 1 heterocycles. The summed E-state index contributed by atoms with van der Waals surface area (Å²) in [5, 5.41) is 15.6. The van der Waals surface area contributed by atoms with Crippen molar-refractivity contribution in [2.45, 2.75) is 32.7 Å². The number of hydrogen-bond donors (Lipinski definition) is 2. The number of aliphatic hydroxyl groups excluding tert-OH is 1. The van der Waals surface area contributed by atoms with Gasteiger partial charge in [-0.15, -0.1) is 5.10 Å². The Hall–Kier alpha value is -1.01. The van der Waals surface area contributed by atoms with Crippen LogP contribution in [0.2, 0.25) is 0 Å². The molecule has 1 aromatic rings. The molecule has 2 N–H and O–H groups in total. The molecule has 6 heteroatoms. The van der Waals surface area contributed by atoms with Gasteiger partial charge in [0, 0.05) is 0 Å². The summed E-state index contributed by atoms with van der Waals surface area (Å²) < 4.78 is 3.74. The molecule has 0 fully saturated rings.